The van der Waals surface area contributed by atoms with Gasteiger partial charge in [0.15, 0.2) is 0 Å². The molecule has 0 atom stereocenters. The van der Waals surface area contributed by atoms with Gasteiger partial charge in [0.2, 0.25) is 0 Å². The largest absolute Gasteiger partial charge is 0.320 e. The zero-order valence-corrected chi connectivity index (χ0v) is 10.3. The third kappa shape index (κ3) is 1.53. The molecule has 0 bridgehead atoms. The van der Waals surface area contributed by atoms with E-state index in [1.165, 1.54) is 21.8 Å². The van der Waals surface area contributed by atoms with Crippen LogP contribution < -0.4 is 0 Å². The molecular weight excluding hydrogens is 236 g/mol. The third-order valence-corrected chi connectivity index (χ3v) is 3.43. The Labute approximate surface area is 109 Å². The molecule has 4 rings (SSSR count). The van der Waals surface area contributed by atoms with Gasteiger partial charge in [0.05, 0.1) is 11.0 Å². The lowest BCUT2D eigenvalue weighted by molar-refractivity contribution is 0.572. The van der Waals surface area contributed by atoms with Crippen LogP contribution in [0.4, 0.5) is 0 Å². The summed E-state index contributed by atoms with van der Waals surface area (Å²) in [5, 5.41) is 6.74. The Bertz CT molecular complexity index is 790. The molecule has 92 valence electrons. The first-order valence-electron chi connectivity index (χ1n) is 6.22. The van der Waals surface area contributed by atoms with Crippen LogP contribution in [0.3, 0.4) is 0 Å². The standard InChI is InChI=1S/C15H12N4/c1-3-7-14-12(5-1)13-6-2-4-8-15(13)19(14)11-18-10-16-9-17-18/h1-10H,11H2. The Hall–Kier alpha value is -2.62. The molecule has 4 heteroatoms. The second-order valence-corrected chi connectivity index (χ2v) is 4.54. The lowest BCUT2D eigenvalue weighted by atomic mass is 10.2. The van der Waals surface area contributed by atoms with Crippen LogP contribution in [0.2, 0.25) is 0 Å². The Morgan fingerprint density at radius 3 is 2.05 bits per heavy atom. The van der Waals surface area contributed by atoms with Gasteiger partial charge in [-0.2, -0.15) is 5.10 Å². The van der Waals surface area contributed by atoms with Crippen LogP contribution in [0.1, 0.15) is 0 Å². The zero-order valence-electron chi connectivity index (χ0n) is 10.3. The van der Waals surface area contributed by atoms with E-state index in [1.807, 2.05) is 4.68 Å². The van der Waals surface area contributed by atoms with Gasteiger partial charge < -0.3 is 4.57 Å². The van der Waals surface area contributed by atoms with E-state index in [-0.39, 0.29) is 0 Å². The predicted octanol–water partition coefficient (Wildman–Crippen LogP) is 2.89. The first-order valence-corrected chi connectivity index (χ1v) is 6.22. The molecule has 19 heavy (non-hydrogen) atoms. The van der Waals surface area contributed by atoms with Gasteiger partial charge in [0, 0.05) is 10.8 Å². The van der Waals surface area contributed by atoms with E-state index >= 15 is 0 Å². The van der Waals surface area contributed by atoms with Crippen LogP contribution in [0, 0.1) is 0 Å². The molecule has 4 aromatic rings. The van der Waals surface area contributed by atoms with Crippen molar-refractivity contribution in [1.82, 2.24) is 19.3 Å². The molecule has 0 spiro atoms. The average molecular weight is 248 g/mol. The van der Waals surface area contributed by atoms with Crippen molar-refractivity contribution in [3.63, 3.8) is 0 Å². The van der Waals surface area contributed by atoms with Crippen LogP contribution in [0.25, 0.3) is 21.8 Å². The number of para-hydroxylation sites is 2. The van der Waals surface area contributed by atoms with Crippen molar-refractivity contribution in [2.75, 3.05) is 0 Å². The van der Waals surface area contributed by atoms with Gasteiger partial charge in [0.1, 0.15) is 19.3 Å². The Balaban J connectivity index is 2.05. The van der Waals surface area contributed by atoms with Crippen molar-refractivity contribution >= 4 is 21.8 Å². The predicted molar refractivity (Wildman–Crippen MR) is 74.9 cm³/mol. The SMILES string of the molecule is c1ccc2c(c1)c1ccccc1n2Cn1cncn1. The summed E-state index contributed by atoms with van der Waals surface area (Å²) in [6, 6.07) is 16.9. The van der Waals surface area contributed by atoms with Crippen molar-refractivity contribution in [3.8, 4) is 0 Å². The van der Waals surface area contributed by atoms with Crippen molar-refractivity contribution in [3.05, 3.63) is 61.2 Å². The van der Waals surface area contributed by atoms with E-state index in [4.69, 9.17) is 0 Å². The van der Waals surface area contributed by atoms with Crippen molar-refractivity contribution < 1.29 is 0 Å². The monoisotopic (exact) mass is 248 g/mol. The summed E-state index contributed by atoms with van der Waals surface area (Å²) in [4.78, 5) is 4.00. The van der Waals surface area contributed by atoms with Crippen LogP contribution in [-0.2, 0) is 6.67 Å². The third-order valence-electron chi connectivity index (χ3n) is 3.43. The highest BCUT2D eigenvalue weighted by molar-refractivity contribution is 6.07. The number of hydrogen-bond acceptors (Lipinski definition) is 2. The summed E-state index contributed by atoms with van der Waals surface area (Å²) >= 11 is 0. The first-order chi connectivity index (χ1) is 9.43. The van der Waals surface area contributed by atoms with Crippen LogP contribution in [-0.4, -0.2) is 19.3 Å². The molecule has 2 aromatic heterocycles. The lowest BCUT2D eigenvalue weighted by Gasteiger charge is -2.06. The van der Waals surface area contributed by atoms with Crippen LogP contribution in [0.15, 0.2) is 61.2 Å². The lowest BCUT2D eigenvalue weighted by Crippen LogP contribution is -2.07. The average Bonchev–Trinajstić information content (AvgIpc) is 3.08. The summed E-state index contributed by atoms with van der Waals surface area (Å²) in [6.07, 6.45) is 3.30. The molecule has 0 aliphatic carbocycles. The molecule has 0 saturated carbocycles. The first kappa shape index (κ1) is 10.3. The van der Waals surface area contributed by atoms with Crippen molar-refractivity contribution in [2.24, 2.45) is 0 Å². The highest BCUT2D eigenvalue weighted by Gasteiger charge is 2.09. The number of rotatable bonds is 2. The van der Waals surface area contributed by atoms with E-state index in [2.05, 4.69) is 63.2 Å². The van der Waals surface area contributed by atoms with Gasteiger partial charge in [-0.25, -0.2) is 9.67 Å². The molecule has 0 amide bonds. The maximum absolute atomic E-state index is 4.19. The molecule has 2 heterocycles. The molecule has 0 aliphatic rings. The van der Waals surface area contributed by atoms with E-state index in [0.717, 1.165) is 0 Å². The topological polar surface area (TPSA) is 35.6 Å². The fourth-order valence-electron chi connectivity index (χ4n) is 2.61. The van der Waals surface area contributed by atoms with E-state index in [0.29, 0.717) is 6.67 Å². The Morgan fingerprint density at radius 2 is 1.47 bits per heavy atom. The van der Waals surface area contributed by atoms with Gasteiger partial charge in [-0.1, -0.05) is 36.4 Å². The van der Waals surface area contributed by atoms with E-state index < -0.39 is 0 Å². The van der Waals surface area contributed by atoms with Gasteiger partial charge in [-0.3, -0.25) is 0 Å². The fraction of sp³-hybridized carbons (Fsp3) is 0.0667. The minimum absolute atomic E-state index is 0.675. The second-order valence-electron chi connectivity index (χ2n) is 4.54. The fourth-order valence-corrected chi connectivity index (χ4v) is 2.61. The number of fused-ring (bicyclic) bond motifs is 3. The number of benzene rings is 2. The maximum Gasteiger partial charge on any atom is 0.137 e. The molecular formula is C15H12N4. The smallest absolute Gasteiger partial charge is 0.137 e. The van der Waals surface area contributed by atoms with Crippen molar-refractivity contribution in [1.29, 1.82) is 0 Å². The van der Waals surface area contributed by atoms with Crippen molar-refractivity contribution in [2.45, 2.75) is 6.67 Å². The molecule has 0 unspecified atom stereocenters. The molecule has 0 saturated heterocycles. The minimum atomic E-state index is 0.675. The molecule has 0 radical (unpaired) electrons. The highest BCUT2D eigenvalue weighted by Crippen LogP contribution is 2.28. The van der Waals surface area contributed by atoms with Gasteiger partial charge >= 0.3 is 0 Å². The Morgan fingerprint density at radius 1 is 0.842 bits per heavy atom. The highest BCUT2D eigenvalue weighted by atomic mass is 15.4. The van der Waals surface area contributed by atoms with E-state index in [9.17, 15) is 0 Å². The second kappa shape index (κ2) is 3.95. The summed E-state index contributed by atoms with van der Waals surface area (Å²) in [6.45, 7) is 0.675. The summed E-state index contributed by atoms with van der Waals surface area (Å²) in [7, 11) is 0. The van der Waals surface area contributed by atoms with Crippen LogP contribution >= 0.6 is 0 Å². The number of hydrogen-bond donors (Lipinski definition) is 0. The van der Waals surface area contributed by atoms with Gasteiger partial charge in [-0.15, -0.1) is 0 Å². The quantitative estimate of drug-likeness (QED) is 0.547. The molecule has 2 aromatic carbocycles. The zero-order chi connectivity index (χ0) is 12.7. The summed E-state index contributed by atoms with van der Waals surface area (Å²) < 4.78 is 4.10. The van der Waals surface area contributed by atoms with E-state index in [1.54, 1.807) is 12.7 Å². The maximum atomic E-state index is 4.19. The van der Waals surface area contributed by atoms with Gasteiger partial charge in [0.25, 0.3) is 0 Å². The Kier molecular flexibility index (Phi) is 2.14. The number of nitrogens with zero attached hydrogens (tertiary/aromatic N) is 4. The summed E-state index contributed by atoms with van der Waals surface area (Å²) in [5.41, 5.74) is 2.44. The molecule has 0 fully saturated rings. The molecule has 0 aliphatic heterocycles. The minimum Gasteiger partial charge on any atom is -0.320 e. The van der Waals surface area contributed by atoms with Crippen LogP contribution in [0.5, 0.6) is 0 Å². The molecule has 0 N–H and O–H groups in total. The number of aromatic nitrogens is 4. The molecule has 4 nitrogen and oxygen atoms in total. The normalized spacial score (nSPS) is 11.4. The summed E-state index contributed by atoms with van der Waals surface area (Å²) in [5.74, 6) is 0. The van der Waals surface area contributed by atoms with Gasteiger partial charge in [-0.05, 0) is 12.1 Å².